The van der Waals surface area contributed by atoms with Crippen LogP contribution in [0.4, 0.5) is 10.1 Å². The third kappa shape index (κ3) is 3.72. The zero-order chi connectivity index (χ0) is 26.8. The van der Waals surface area contributed by atoms with Gasteiger partial charge >= 0.3 is 5.97 Å². The van der Waals surface area contributed by atoms with E-state index in [2.05, 4.69) is 27.5 Å². The molecule has 10 heteroatoms. The van der Waals surface area contributed by atoms with Crippen LogP contribution in [0.5, 0.6) is 0 Å². The minimum atomic E-state index is -1.86. The zero-order valence-corrected chi connectivity index (χ0v) is 23.0. The lowest BCUT2D eigenvalue weighted by Gasteiger charge is -2.49. The minimum absolute atomic E-state index is 0.0779. The van der Waals surface area contributed by atoms with E-state index in [1.54, 1.807) is 25.3 Å². The third-order valence-corrected chi connectivity index (χ3v) is 9.60. The molecule has 0 amide bonds. The maximum absolute atomic E-state index is 14.8. The molecule has 2 aromatic rings. The van der Waals surface area contributed by atoms with Gasteiger partial charge in [-0.3, -0.25) is 4.79 Å². The Morgan fingerprint density at radius 3 is 2.71 bits per heavy atom. The molecule has 1 aromatic carbocycles. The first kappa shape index (κ1) is 25.5. The summed E-state index contributed by atoms with van der Waals surface area (Å²) in [5, 5.41) is 10.9. The molecule has 6 rings (SSSR count). The average Bonchev–Trinajstić information content (AvgIpc) is 2.90. The first-order chi connectivity index (χ1) is 18.2. The van der Waals surface area contributed by atoms with Crippen molar-refractivity contribution in [2.24, 2.45) is 5.41 Å². The summed E-state index contributed by atoms with van der Waals surface area (Å²) in [5.41, 5.74) is 1.30. The molecule has 5 heterocycles. The number of rotatable bonds is 3. The minimum Gasteiger partial charge on any atom is -0.458 e. The average molecular weight is 632 g/mol. The molecule has 1 spiro atoms. The highest BCUT2D eigenvalue weighted by atomic mass is 127. The van der Waals surface area contributed by atoms with E-state index in [0.29, 0.717) is 35.3 Å². The molecular weight excluding hydrogens is 606 g/mol. The van der Waals surface area contributed by atoms with Crippen LogP contribution >= 0.6 is 22.6 Å². The van der Waals surface area contributed by atoms with Crippen LogP contribution in [0.2, 0.25) is 0 Å². The molecule has 1 aromatic heterocycles. The largest absolute Gasteiger partial charge is 0.458 e. The number of ether oxygens (including phenoxy) is 2. The van der Waals surface area contributed by atoms with Gasteiger partial charge in [0.2, 0.25) is 0 Å². The second-order valence-electron chi connectivity index (χ2n) is 10.5. The zero-order valence-electron chi connectivity index (χ0n) is 20.8. The number of pyridine rings is 1. The standard InChI is InChI=1S/C28H26FIN2O6/c1-2-28(36)21-3-6-31(25(34)20(21)14-38-26(28)35)12-22-23(30)19(13-33)18-10-17(29)9-16-11-27(4-7-37-8-5-27)15-32(22)24(16)18/h3,6,9-10,36H,2,4-5,7-8,11-12,14-15H2,1H3/t28-/m0/s1. The molecule has 1 atom stereocenters. The summed E-state index contributed by atoms with van der Waals surface area (Å²) in [7, 11) is 0. The number of nitrogens with zero attached hydrogens (tertiary/aromatic N) is 2. The van der Waals surface area contributed by atoms with Crippen molar-refractivity contribution in [2.45, 2.75) is 51.4 Å². The topological polar surface area (TPSA) is 98.1 Å². The van der Waals surface area contributed by atoms with Gasteiger partial charge in [-0.05, 0) is 77.5 Å². The maximum Gasteiger partial charge on any atom is 0.343 e. The van der Waals surface area contributed by atoms with Crippen LogP contribution < -0.4 is 10.5 Å². The summed E-state index contributed by atoms with van der Waals surface area (Å²) in [6.07, 6.45) is 3.98. The fourth-order valence-electron chi connectivity index (χ4n) is 6.32. The molecule has 4 aliphatic heterocycles. The quantitative estimate of drug-likeness (QED) is 0.315. The van der Waals surface area contributed by atoms with Gasteiger partial charge in [-0.2, -0.15) is 0 Å². The SMILES string of the molecule is CC[C@@]1(O)C(=O)OCc2c1ccn(CC1=C(I)C(=C=O)c3cc(F)cc4c3N1CC1(CCOCC1)C4)c2=O. The van der Waals surface area contributed by atoms with Crippen LogP contribution in [0.1, 0.15) is 48.4 Å². The molecule has 0 bridgehead atoms. The van der Waals surface area contributed by atoms with Gasteiger partial charge in [0.25, 0.3) is 5.56 Å². The fourth-order valence-corrected chi connectivity index (χ4v) is 7.18. The lowest BCUT2D eigenvalue weighted by Crippen LogP contribution is -2.49. The lowest BCUT2D eigenvalue weighted by atomic mass is 9.70. The van der Waals surface area contributed by atoms with Crippen molar-refractivity contribution in [2.75, 3.05) is 24.7 Å². The highest BCUT2D eigenvalue weighted by Gasteiger charge is 2.46. The molecule has 4 aliphatic rings. The van der Waals surface area contributed by atoms with Crippen molar-refractivity contribution >= 4 is 45.8 Å². The normalized spacial score (nSPS) is 23.6. The molecular formula is C28H26FIN2O6. The number of benzene rings is 1. The van der Waals surface area contributed by atoms with Crippen LogP contribution in [0, 0.1) is 11.2 Å². The molecule has 38 heavy (non-hydrogen) atoms. The van der Waals surface area contributed by atoms with Crippen LogP contribution in [0.25, 0.3) is 5.57 Å². The van der Waals surface area contributed by atoms with E-state index in [0.717, 1.165) is 29.8 Å². The predicted octanol–water partition coefficient (Wildman–Crippen LogP) is 3.38. The summed E-state index contributed by atoms with van der Waals surface area (Å²) in [5.74, 6) is 0.859. The van der Waals surface area contributed by atoms with Gasteiger partial charge in [-0.25, -0.2) is 14.0 Å². The Morgan fingerprint density at radius 2 is 2.00 bits per heavy atom. The van der Waals surface area contributed by atoms with Gasteiger partial charge in [0.1, 0.15) is 18.4 Å². The summed E-state index contributed by atoms with van der Waals surface area (Å²) in [6.45, 7) is 3.49. The number of fused-ring (bicyclic) bond motifs is 1. The first-order valence-electron chi connectivity index (χ1n) is 12.7. The Kier molecular flexibility index (Phi) is 6.14. The number of cyclic esters (lactones) is 1. The second-order valence-corrected chi connectivity index (χ2v) is 11.6. The van der Waals surface area contributed by atoms with Gasteiger partial charge < -0.3 is 24.0 Å². The summed E-state index contributed by atoms with van der Waals surface area (Å²) < 4.78 is 27.7. The molecule has 198 valence electrons. The Bertz CT molecular complexity index is 1520. The maximum atomic E-state index is 14.8. The van der Waals surface area contributed by atoms with Gasteiger partial charge in [-0.15, -0.1) is 0 Å². The molecule has 0 unspecified atom stereocenters. The number of hydrogen-bond acceptors (Lipinski definition) is 7. The number of hydrogen-bond donors (Lipinski definition) is 1. The van der Waals surface area contributed by atoms with E-state index in [1.165, 1.54) is 10.6 Å². The number of aliphatic hydroxyl groups is 1. The van der Waals surface area contributed by atoms with Crippen molar-refractivity contribution in [1.29, 1.82) is 0 Å². The van der Waals surface area contributed by atoms with Crippen molar-refractivity contribution in [3.8, 4) is 0 Å². The van der Waals surface area contributed by atoms with Crippen molar-refractivity contribution in [1.82, 2.24) is 4.57 Å². The molecule has 0 saturated carbocycles. The second kappa shape index (κ2) is 9.15. The third-order valence-electron chi connectivity index (χ3n) is 8.43. The van der Waals surface area contributed by atoms with E-state index in [-0.39, 0.29) is 47.2 Å². The molecule has 1 saturated heterocycles. The highest BCUT2D eigenvalue weighted by molar-refractivity contribution is 14.1. The van der Waals surface area contributed by atoms with Gasteiger partial charge in [0.05, 0.1) is 32.6 Å². The van der Waals surface area contributed by atoms with Crippen LogP contribution in [-0.4, -0.2) is 41.3 Å². The number of carbonyl (C=O) groups is 1. The highest BCUT2D eigenvalue weighted by Crippen LogP contribution is 2.52. The first-order valence-corrected chi connectivity index (χ1v) is 13.7. The van der Waals surface area contributed by atoms with E-state index in [1.807, 2.05) is 5.94 Å². The summed E-state index contributed by atoms with van der Waals surface area (Å²) >= 11 is 2.09. The number of halogens is 2. The molecule has 0 radical (unpaired) electrons. The Labute approximate surface area is 231 Å². The van der Waals surface area contributed by atoms with Crippen molar-refractivity contribution in [3.05, 3.63) is 72.1 Å². The summed E-state index contributed by atoms with van der Waals surface area (Å²) in [4.78, 5) is 40.1. The predicted molar refractivity (Wildman–Crippen MR) is 145 cm³/mol. The van der Waals surface area contributed by atoms with Gasteiger partial charge in [0, 0.05) is 37.1 Å². The number of aromatic nitrogens is 1. The smallest absolute Gasteiger partial charge is 0.343 e. The van der Waals surface area contributed by atoms with Gasteiger partial charge in [-0.1, -0.05) is 6.92 Å². The van der Waals surface area contributed by atoms with E-state index < -0.39 is 17.4 Å². The van der Waals surface area contributed by atoms with Crippen LogP contribution in [0.3, 0.4) is 0 Å². The molecule has 1 fully saturated rings. The van der Waals surface area contributed by atoms with E-state index in [9.17, 15) is 23.9 Å². The van der Waals surface area contributed by atoms with E-state index >= 15 is 0 Å². The van der Waals surface area contributed by atoms with Gasteiger partial charge in [0.15, 0.2) is 5.60 Å². The number of allylic oxidation sites excluding steroid dienone is 3. The van der Waals surface area contributed by atoms with Crippen molar-refractivity contribution in [3.63, 3.8) is 0 Å². The molecule has 8 nitrogen and oxygen atoms in total. The van der Waals surface area contributed by atoms with Crippen LogP contribution in [-0.2, 0) is 44.2 Å². The summed E-state index contributed by atoms with van der Waals surface area (Å²) in [6, 6.07) is 4.53. The number of carbonyl (C=O) groups excluding carboxylic acids is 2. The fraction of sp³-hybridized carbons (Fsp3) is 0.429. The van der Waals surface area contributed by atoms with Crippen LogP contribution in [0.15, 0.2) is 38.5 Å². The Balaban J connectivity index is 1.48. The van der Waals surface area contributed by atoms with E-state index in [4.69, 9.17) is 9.47 Å². The monoisotopic (exact) mass is 632 g/mol. The molecule has 1 N–H and O–H groups in total. The molecule has 0 aliphatic carbocycles. The number of anilines is 1. The van der Waals surface area contributed by atoms with Crippen molar-refractivity contribution < 1.29 is 28.6 Å². The Morgan fingerprint density at radius 1 is 1.24 bits per heavy atom. The Hall–Kier alpha value is -2.79. The number of esters is 1. The lowest BCUT2D eigenvalue weighted by molar-refractivity contribution is -0.172.